The topological polar surface area (TPSA) is 115 Å². The van der Waals surface area contributed by atoms with Gasteiger partial charge in [-0.3, -0.25) is 14.8 Å². The van der Waals surface area contributed by atoms with Gasteiger partial charge in [0, 0.05) is 26.2 Å². The summed E-state index contributed by atoms with van der Waals surface area (Å²) in [6.07, 6.45) is -5.69. The summed E-state index contributed by atoms with van der Waals surface area (Å²) in [7, 11) is 0. The van der Waals surface area contributed by atoms with Crippen molar-refractivity contribution in [1.82, 2.24) is 15.4 Å². The highest BCUT2D eigenvalue weighted by Crippen LogP contribution is 2.24. The standard InChI is InChI=1S/C23H26ClF3N4O5/c24-18-5-2-6-19(28-18)30-11-13-31(14-12-30)22(34)17(20(32)21(33)29-35)4-1-3-15-7-9-16(10-8-15)36-23(25,26)27/h2,5-10,17,20,32,35H,1,3-4,11-14H2,(H,29,33)/t17-,20+/m1/s1. The van der Waals surface area contributed by atoms with Crippen molar-refractivity contribution in [2.24, 2.45) is 5.92 Å². The minimum absolute atomic E-state index is 0.115. The number of carbonyl (C=O) groups excluding carboxylic acids is 2. The van der Waals surface area contributed by atoms with Crippen LogP contribution in [0.3, 0.4) is 0 Å². The maximum atomic E-state index is 13.2. The number of hydroxylamine groups is 1. The molecule has 3 rings (SSSR count). The van der Waals surface area contributed by atoms with Crippen LogP contribution in [0.2, 0.25) is 5.15 Å². The van der Waals surface area contributed by atoms with Gasteiger partial charge in [-0.25, -0.2) is 10.5 Å². The molecule has 13 heteroatoms. The van der Waals surface area contributed by atoms with E-state index in [1.54, 1.807) is 17.0 Å². The van der Waals surface area contributed by atoms with Crippen molar-refractivity contribution in [2.45, 2.75) is 31.7 Å². The number of hydrogen-bond donors (Lipinski definition) is 3. The number of amides is 2. The summed E-state index contributed by atoms with van der Waals surface area (Å²) in [4.78, 5) is 32.9. The molecular weight excluding hydrogens is 505 g/mol. The average molecular weight is 531 g/mol. The summed E-state index contributed by atoms with van der Waals surface area (Å²) in [6, 6.07) is 10.6. The number of alkyl halides is 3. The number of piperazine rings is 1. The first kappa shape index (κ1) is 27.5. The van der Waals surface area contributed by atoms with E-state index in [9.17, 15) is 27.9 Å². The monoisotopic (exact) mass is 530 g/mol. The maximum Gasteiger partial charge on any atom is 0.573 e. The quantitative estimate of drug-likeness (QED) is 0.259. The van der Waals surface area contributed by atoms with Gasteiger partial charge in [0.2, 0.25) is 5.91 Å². The number of anilines is 1. The molecule has 1 saturated heterocycles. The molecule has 0 saturated carbocycles. The van der Waals surface area contributed by atoms with E-state index in [0.717, 1.165) is 0 Å². The maximum absolute atomic E-state index is 13.2. The molecule has 0 bridgehead atoms. The summed E-state index contributed by atoms with van der Waals surface area (Å²) in [5.41, 5.74) is 2.07. The molecule has 9 nitrogen and oxygen atoms in total. The van der Waals surface area contributed by atoms with Gasteiger partial charge in [0.15, 0.2) is 0 Å². The Balaban J connectivity index is 1.59. The third-order valence-corrected chi connectivity index (χ3v) is 6.04. The molecular formula is C23H26ClF3N4O5. The zero-order valence-electron chi connectivity index (χ0n) is 19.1. The van der Waals surface area contributed by atoms with E-state index in [1.807, 2.05) is 11.0 Å². The van der Waals surface area contributed by atoms with Crippen LogP contribution in [0.4, 0.5) is 19.0 Å². The first-order chi connectivity index (χ1) is 17.1. The molecule has 0 spiro atoms. The lowest BCUT2D eigenvalue weighted by atomic mass is 9.92. The fraction of sp³-hybridized carbons (Fsp3) is 0.435. The van der Waals surface area contributed by atoms with E-state index in [-0.39, 0.29) is 12.2 Å². The van der Waals surface area contributed by atoms with Crippen LogP contribution in [0, 0.1) is 5.92 Å². The fourth-order valence-electron chi connectivity index (χ4n) is 4.01. The highest BCUT2D eigenvalue weighted by Gasteiger charge is 2.36. The van der Waals surface area contributed by atoms with Gasteiger partial charge in [0.1, 0.15) is 22.8 Å². The van der Waals surface area contributed by atoms with Crippen molar-refractivity contribution in [2.75, 3.05) is 31.1 Å². The van der Waals surface area contributed by atoms with Crippen molar-refractivity contribution in [1.29, 1.82) is 0 Å². The number of rotatable bonds is 9. The van der Waals surface area contributed by atoms with Gasteiger partial charge in [-0.2, -0.15) is 0 Å². The number of pyridine rings is 1. The molecule has 0 unspecified atom stereocenters. The molecule has 36 heavy (non-hydrogen) atoms. The van der Waals surface area contributed by atoms with Crippen LogP contribution in [0.15, 0.2) is 42.5 Å². The number of ether oxygens (including phenoxy) is 1. The van der Waals surface area contributed by atoms with E-state index in [2.05, 4.69) is 9.72 Å². The van der Waals surface area contributed by atoms with Crippen LogP contribution in [0.1, 0.15) is 18.4 Å². The van der Waals surface area contributed by atoms with Crippen molar-refractivity contribution in [3.05, 3.63) is 53.2 Å². The number of benzene rings is 1. The Kier molecular flexibility index (Phi) is 9.35. The molecule has 196 valence electrons. The second-order valence-corrected chi connectivity index (χ2v) is 8.63. The van der Waals surface area contributed by atoms with Crippen LogP contribution < -0.4 is 15.1 Å². The van der Waals surface area contributed by atoms with Crippen molar-refractivity contribution >= 4 is 29.2 Å². The Morgan fingerprint density at radius 1 is 1.11 bits per heavy atom. The van der Waals surface area contributed by atoms with Crippen LogP contribution >= 0.6 is 11.6 Å². The van der Waals surface area contributed by atoms with E-state index in [0.29, 0.717) is 55.6 Å². The molecule has 0 radical (unpaired) electrons. The van der Waals surface area contributed by atoms with Crippen molar-refractivity contribution in [3.63, 3.8) is 0 Å². The normalized spacial score (nSPS) is 15.8. The molecule has 1 fully saturated rings. The van der Waals surface area contributed by atoms with Gasteiger partial charge in [-0.15, -0.1) is 13.2 Å². The highest BCUT2D eigenvalue weighted by molar-refractivity contribution is 6.29. The number of hydrogen-bond acceptors (Lipinski definition) is 7. The van der Waals surface area contributed by atoms with Gasteiger partial charge >= 0.3 is 6.36 Å². The van der Waals surface area contributed by atoms with Gasteiger partial charge in [-0.1, -0.05) is 29.8 Å². The molecule has 2 atom stereocenters. The number of aliphatic hydroxyl groups excluding tert-OH is 1. The van der Waals surface area contributed by atoms with Crippen molar-refractivity contribution in [3.8, 4) is 5.75 Å². The zero-order valence-corrected chi connectivity index (χ0v) is 19.9. The van der Waals surface area contributed by atoms with Gasteiger partial charge in [0.05, 0.1) is 5.92 Å². The SMILES string of the molecule is O=C(NO)[C@@H](O)[C@@H](CCCc1ccc(OC(F)(F)F)cc1)C(=O)N1CCN(c2cccc(Cl)n2)CC1. The van der Waals surface area contributed by atoms with Crippen LogP contribution in [0.25, 0.3) is 0 Å². The Morgan fingerprint density at radius 3 is 2.36 bits per heavy atom. The zero-order chi connectivity index (χ0) is 26.3. The van der Waals surface area contributed by atoms with Crippen LogP contribution in [-0.2, 0) is 16.0 Å². The summed E-state index contributed by atoms with van der Waals surface area (Å²) in [6.45, 7) is 1.61. The lowest BCUT2D eigenvalue weighted by molar-refractivity contribution is -0.274. The van der Waals surface area contributed by atoms with E-state index >= 15 is 0 Å². The highest BCUT2D eigenvalue weighted by atomic mass is 35.5. The Morgan fingerprint density at radius 2 is 1.78 bits per heavy atom. The lowest BCUT2D eigenvalue weighted by Gasteiger charge is -2.37. The van der Waals surface area contributed by atoms with Gasteiger partial charge < -0.3 is 19.6 Å². The fourth-order valence-corrected chi connectivity index (χ4v) is 4.17. The second-order valence-electron chi connectivity index (χ2n) is 8.24. The van der Waals surface area contributed by atoms with Crippen molar-refractivity contribution < 1.29 is 37.8 Å². The summed E-state index contributed by atoms with van der Waals surface area (Å²) in [5.74, 6) is -2.30. The number of nitrogens with zero attached hydrogens (tertiary/aromatic N) is 3. The number of aromatic nitrogens is 1. The minimum Gasteiger partial charge on any atom is -0.406 e. The first-order valence-corrected chi connectivity index (χ1v) is 11.6. The Hall–Kier alpha value is -3.09. The van der Waals surface area contributed by atoms with Crippen LogP contribution in [-0.4, -0.2) is 70.7 Å². The number of halogens is 4. The van der Waals surface area contributed by atoms with E-state index in [1.165, 1.54) is 29.7 Å². The molecule has 0 aliphatic carbocycles. The summed E-state index contributed by atoms with van der Waals surface area (Å²) in [5, 5.41) is 19.7. The minimum atomic E-state index is -4.78. The largest absolute Gasteiger partial charge is 0.573 e. The summed E-state index contributed by atoms with van der Waals surface area (Å²) < 4.78 is 40.8. The van der Waals surface area contributed by atoms with E-state index < -0.39 is 30.2 Å². The molecule has 1 aliphatic rings. The number of carbonyl (C=O) groups is 2. The molecule has 2 aromatic rings. The molecule has 1 aromatic heterocycles. The third-order valence-electron chi connectivity index (χ3n) is 5.83. The number of aryl methyl sites for hydroxylation is 1. The Bertz CT molecular complexity index is 1030. The predicted molar refractivity (Wildman–Crippen MR) is 124 cm³/mol. The molecule has 2 heterocycles. The first-order valence-electron chi connectivity index (χ1n) is 11.2. The third kappa shape index (κ3) is 7.70. The number of aliphatic hydroxyl groups is 1. The number of nitrogens with one attached hydrogen (secondary N) is 1. The van der Waals surface area contributed by atoms with Gasteiger partial charge in [-0.05, 0) is 49.1 Å². The summed E-state index contributed by atoms with van der Waals surface area (Å²) >= 11 is 5.95. The smallest absolute Gasteiger partial charge is 0.406 e. The Labute approximate surface area is 210 Å². The van der Waals surface area contributed by atoms with E-state index in [4.69, 9.17) is 16.8 Å². The molecule has 1 aromatic carbocycles. The van der Waals surface area contributed by atoms with Crippen LogP contribution in [0.5, 0.6) is 5.75 Å². The second kappa shape index (κ2) is 12.2. The molecule has 3 N–H and O–H groups in total. The average Bonchev–Trinajstić information content (AvgIpc) is 2.85. The molecule has 1 aliphatic heterocycles. The lowest BCUT2D eigenvalue weighted by Crippen LogP contribution is -2.53. The van der Waals surface area contributed by atoms with Gasteiger partial charge in [0.25, 0.3) is 5.91 Å². The predicted octanol–water partition coefficient (Wildman–Crippen LogP) is 2.79. The molecule has 2 amide bonds.